The highest BCUT2D eigenvalue weighted by Crippen LogP contribution is 2.24. The fourth-order valence-electron chi connectivity index (χ4n) is 3.60. The molecule has 1 saturated carbocycles. The summed E-state index contributed by atoms with van der Waals surface area (Å²) in [6.45, 7) is 3.80. The largest absolute Gasteiger partial charge is 0.355 e. The molecule has 25 heavy (non-hydrogen) atoms. The van der Waals surface area contributed by atoms with E-state index in [9.17, 15) is 13.2 Å². The number of hydrogen-bond acceptors (Lipinski definition) is 4. The summed E-state index contributed by atoms with van der Waals surface area (Å²) in [6, 6.07) is 8.59. The van der Waals surface area contributed by atoms with Gasteiger partial charge in [-0.1, -0.05) is 31.0 Å². The lowest BCUT2D eigenvalue weighted by atomic mass is 10.1. The summed E-state index contributed by atoms with van der Waals surface area (Å²) in [6.07, 6.45) is 4.36. The Kier molecular flexibility index (Phi) is 6.09. The lowest BCUT2D eigenvalue weighted by Gasteiger charge is -2.34. The zero-order valence-corrected chi connectivity index (χ0v) is 15.4. The van der Waals surface area contributed by atoms with E-state index in [2.05, 4.69) is 10.2 Å². The van der Waals surface area contributed by atoms with Gasteiger partial charge in [0.25, 0.3) is 0 Å². The third-order valence-corrected chi connectivity index (χ3v) is 7.08. The van der Waals surface area contributed by atoms with Crippen LogP contribution in [-0.4, -0.2) is 62.8 Å². The summed E-state index contributed by atoms with van der Waals surface area (Å²) >= 11 is 0. The van der Waals surface area contributed by atoms with Crippen molar-refractivity contribution in [3.8, 4) is 0 Å². The van der Waals surface area contributed by atoms with E-state index in [0.717, 1.165) is 32.2 Å². The fourth-order valence-corrected chi connectivity index (χ4v) is 5.05. The zero-order chi connectivity index (χ0) is 17.7. The van der Waals surface area contributed by atoms with E-state index < -0.39 is 10.0 Å². The third kappa shape index (κ3) is 4.59. The molecule has 0 atom stereocenters. The first kappa shape index (κ1) is 18.4. The van der Waals surface area contributed by atoms with Crippen LogP contribution >= 0.6 is 0 Å². The Morgan fingerprint density at radius 1 is 1.04 bits per heavy atom. The molecule has 1 N–H and O–H groups in total. The van der Waals surface area contributed by atoms with E-state index in [1.54, 1.807) is 28.6 Å². The summed E-state index contributed by atoms with van der Waals surface area (Å²) in [7, 11) is -3.39. The Hall–Kier alpha value is -1.44. The molecule has 1 aromatic carbocycles. The van der Waals surface area contributed by atoms with E-state index in [-0.39, 0.29) is 11.8 Å². The van der Waals surface area contributed by atoms with Gasteiger partial charge < -0.3 is 5.32 Å². The van der Waals surface area contributed by atoms with Crippen LogP contribution in [0.2, 0.25) is 0 Å². The molecule has 138 valence electrons. The first-order valence-corrected chi connectivity index (χ1v) is 10.6. The van der Waals surface area contributed by atoms with Crippen LogP contribution in [0.5, 0.6) is 0 Å². The topological polar surface area (TPSA) is 69.7 Å². The first-order valence-electron chi connectivity index (χ1n) is 9.12. The fraction of sp³-hybridized carbons (Fsp3) is 0.611. The van der Waals surface area contributed by atoms with E-state index in [1.165, 1.54) is 0 Å². The molecule has 3 rings (SSSR count). The van der Waals surface area contributed by atoms with E-state index in [0.29, 0.717) is 37.6 Å². The highest BCUT2D eigenvalue weighted by Gasteiger charge is 2.28. The minimum atomic E-state index is -3.39. The Morgan fingerprint density at radius 3 is 2.32 bits per heavy atom. The van der Waals surface area contributed by atoms with Gasteiger partial charge in [-0.25, -0.2) is 8.42 Å². The molecule has 1 aromatic rings. The van der Waals surface area contributed by atoms with Gasteiger partial charge in [-0.15, -0.1) is 0 Å². The quantitative estimate of drug-likeness (QED) is 0.825. The number of benzene rings is 1. The van der Waals surface area contributed by atoms with Crippen LogP contribution < -0.4 is 5.32 Å². The maximum Gasteiger partial charge on any atom is 0.243 e. The average molecular weight is 365 g/mol. The van der Waals surface area contributed by atoms with Crippen molar-refractivity contribution < 1.29 is 13.2 Å². The molecule has 0 radical (unpaired) electrons. The summed E-state index contributed by atoms with van der Waals surface area (Å²) in [4.78, 5) is 14.6. The number of carbonyl (C=O) groups excluding carboxylic acids is 1. The van der Waals surface area contributed by atoms with E-state index in [1.807, 2.05) is 6.07 Å². The number of nitrogens with one attached hydrogen (secondary N) is 1. The van der Waals surface area contributed by atoms with Crippen LogP contribution in [0.25, 0.3) is 0 Å². The Morgan fingerprint density at radius 2 is 1.68 bits per heavy atom. The van der Waals surface area contributed by atoms with Crippen molar-refractivity contribution in [1.82, 2.24) is 14.5 Å². The summed E-state index contributed by atoms with van der Waals surface area (Å²) in [5.41, 5.74) is 0. The average Bonchev–Trinajstić information content (AvgIpc) is 3.18. The monoisotopic (exact) mass is 365 g/mol. The Balaban J connectivity index is 1.42. The SMILES string of the molecule is O=C(NCCN1CCN(S(=O)(=O)c2ccccc2)CC1)C1CCCC1. The van der Waals surface area contributed by atoms with E-state index >= 15 is 0 Å². The number of carbonyl (C=O) groups is 1. The molecule has 7 heteroatoms. The van der Waals surface area contributed by atoms with Gasteiger partial charge in [-0.3, -0.25) is 9.69 Å². The van der Waals surface area contributed by atoms with Crippen molar-refractivity contribution in [1.29, 1.82) is 0 Å². The molecule has 1 heterocycles. The molecular formula is C18H27N3O3S. The molecule has 6 nitrogen and oxygen atoms in total. The van der Waals surface area contributed by atoms with E-state index in [4.69, 9.17) is 0 Å². The predicted molar refractivity (Wildman–Crippen MR) is 96.6 cm³/mol. The number of piperazine rings is 1. The molecule has 0 bridgehead atoms. The second-order valence-corrected chi connectivity index (χ2v) is 8.77. The smallest absolute Gasteiger partial charge is 0.243 e. The van der Waals surface area contributed by atoms with Crippen LogP contribution in [0.3, 0.4) is 0 Å². The number of amides is 1. The molecule has 0 aromatic heterocycles. The van der Waals surface area contributed by atoms with Crippen molar-refractivity contribution in [2.24, 2.45) is 5.92 Å². The van der Waals surface area contributed by atoms with Crippen LogP contribution in [0, 0.1) is 5.92 Å². The summed E-state index contributed by atoms with van der Waals surface area (Å²) in [5.74, 6) is 0.385. The normalized spacial score (nSPS) is 20.6. The number of nitrogens with zero attached hydrogens (tertiary/aromatic N) is 2. The molecule has 1 amide bonds. The van der Waals surface area contributed by atoms with Crippen molar-refractivity contribution in [3.05, 3.63) is 30.3 Å². The highest BCUT2D eigenvalue weighted by molar-refractivity contribution is 7.89. The van der Waals surface area contributed by atoms with Gasteiger partial charge in [0.1, 0.15) is 0 Å². The highest BCUT2D eigenvalue weighted by atomic mass is 32.2. The van der Waals surface area contributed by atoms with Crippen molar-refractivity contribution in [3.63, 3.8) is 0 Å². The number of sulfonamides is 1. The molecule has 1 aliphatic carbocycles. The van der Waals surface area contributed by atoms with Crippen molar-refractivity contribution >= 4 is 15.9 Å². The number of rotatable bonds is 6. The van der Waals surface area contributed by atoms with Gasteiger partial charge in [0.05, 0.1) is 4.90 Å². The molecule has 1 saturated heterocycles. The second-order valence-electron chi connectivity index (χ2n) is 6.83. The predicted octanol–water partition coefficient (Wildman–Crippen LogP) is 1.30. The maximum atomic E-state index is 12.6. The van der Waals surface area contributed by atoms with Gasteiger partial charge in [-0.05, 0) is 25.0 Å². The van der Waals surface area contributed by atoms with Crippen molar-refractivity contribution in [2.45, 2.75) is 30.6 Å². The molecule has 2 fully saturated rings. The molecular weight excluding hydrogens is 338 g/mol. The lowest BCUT2D eigenvalue weighted by molar-refractivity contribution is -0.124. The van der Waals surface area contributed by atoms with Gasteiger partial charge in [0, 0.05) is 45.2 Å². The summed E-state index contributed by atoms with van der Waals surface area (Å²) < 4.78 is 26.7. The van der Waals surface area contributed by atoms with Crippen LogP contribution in [0.4, 0.5) is 0 Å². The van der Waals surface area contributed by atoms with Gasteiger partial charge >= 0.3 is 0 Å². The van der Waals surface area contributed by atoms with Crippen LogP contribution in [-0.2, 0) is 14.8 Å². The maximum absolute atomic E-state index is 12.6. The Labute approximate surface area is 150 Å². The van der Waals surface area contributed by atoms with Crippen molar-refractivity contribution in [2.75, 3.05) is 39.3 Å². The summed E-state index contributed by atoms with van der Waals surface area (Å²) in [5, 5.41) is 3.03. The second kappa shape index (κ2) is 8.29. The van der Waals surface area contributed by atoms with Crippen LogP contribution in [0.15, 0.2) is 35.2 Å². The van der Waals surface area contributed by atoms with Crippen LogP contribution in [0.1, 0.15) is 25.7 Å². The molecule has 0 spiro atoms. The number of hydrogen-bond donors (Lipinski definition) is 1. The van der Waals surface area contributed by atoms with Gasteiger partial charge in [-0.2, -0.15) is 4.31 Å². The third-order valence-electron chi connectivity index (χ3n) is 5.17. The lowest BCUT2D eigenvalue weighted by Crippen LogP contribution is -2.50. The van der Waals surface area contributed by atoms with Gasteiger partial charge in [0.15, 0.2) is 0 Å². The van der Waals surface area contributed by atoms with Gasteiger partial charge in [0.2, 0.25) is 15.9 Å². The minimum Gasteiger partial charge on any atom is -0.355 e. The standard InChI is InChI=1S/C18H27N3O3S/c22-18(16-6-4-5-7-16)19-10-11-20-12-14-21(15-13-20)25(23,24)17-8-2-1-3-9-17/h1-3,8-9,16H,4-7,10-15H2,(H,19,22). The minimum absolute atomic E-state index is 0.183. The Bertz CT molecular complexity index is 664. The first-order chi connectivity index (χ1) is 12.1. The molecule has 0 unspecified atom stereocenters. The zero-order valence-electron chi connectivity index (χ0n) is 14.6. The molecule has 1 aliphatic heterocycles. The molecule has 2 aliphatic rings.